The van der Waals surface area contributed by atoms with E-state index in [2.05, 4.69) is 9.97 Å². The molecule has 2 heterocycles. The summed E-state index contributed by atoms with van der Waals surface area (Å²) in [6.45, 7) is 0. The molecule has 72 valence electrons. The fourth-order valence-electron chi connectivity index (χ4n) is 1.34. The lowest BCUT2D eigenvalue weighted by Crippen LogP contribution is -2.23. The highest BCUT2D eigenvalue weighted by molar-refractivity contribution is 5.57. The standard InChI is InChI=1S/C9H9N3O2/c1-12-4-2-3-7(12)6-5-10-9(14)11-8(6)13/h2-5H,1H3,(H2,10,11,13,14). The van der Waals surface area contributed by atoms with Gasteiger partial charge in [0.25, 0.3) is 5.56 Å². The zero-order chi connectivity index (χ0) is 10.1. The van der Waals surface area contributed by atoms with Gasteiger partial charge in [-0.05, 0) is 12.1 Å². The Kier molecular flexibility index (Phi) is 1.85. The van der Waals surface area contributed by atoms with Crippen molar-refractivity contribution in [2.75, 3.05) is 0 Å². The molecule has 2 aromatic rings. The highest BCUT2D eigenvalue weighted by Gasteiger charge is 2.05. The lowest BCUT2D eigenvalue weighted by Gasteiger charge is -2.00. The zero-order valence-corrected chi connectivity index (χ0v) is 7.57. The maximum Gasteiger partial charge on any atom is 0.325 e. The van der Waals surface area contributed by atoms with Crippen molar-refractivity contribution in [2.45, 2.75) is 0 Å². The van der Waals surface area contributed by atoms with Gasteiger partial charge in [-0.2, -0.15) is 0 Å². The lowest BCUT2D eigenvalue weighted by atomic mass is 10.2. The van der Waals surface area contributed by atoms with Gasteiger partial charge in [0.05, 0.1) is 11.3 Å². The van der Waals surface area contributed by atoms with Crippen molar-refractivity contribution in [3.63, 3.8) is 0 Å². The molecule has 0 amide bonds. The molecule has 0 radical (unpaired) electrons. The minimum atomic E-state index is -0.493. The van der Waals surface area contributed by atoms with E-state index in [1.165, 1.54) is 6.20 Å². The third-order valence-electron chi connectivity index (χ3n) is 2.04. The van der Waals surface area contributed by atoms with Crippen LogP contribution in [-0.4, -0.2) is 14.5 Å². The molecule has 5 heteroatoms. The molecule has 0 spiro atoms. The van der Waals surface area contributed by atoms with Crippen molar-refractivity contribution in [3.05, 3.63) is 45.4 Å². The summed E-state index contributed by atoms with van der Waals surface area (Å²) in [5.41, 5.74) is 0.350. The van der Waals surface area contributed by atoms with Crippen LogP contribution in [0.5, 0.6) is 0 Å². The van der Waals surface area contributed by atoms with E-state index in [1.54, 1.807) is 0 Å². The van der Waals surface area contributed by atoms with Gasteiger partial charge in [-0.15, -0.1) is 0 Å². The van der Waals surface area contributed by atoms with E-state index in [1.807, 2.05) is 29.9 Å². The van der Waals surface area contributed by atoms with E-state index < -0.39 is 5.69 Å². The van der Waals surface area contributed by atoms with E-state index in [9.17, 15) is 9.59 Å². The highest BCUT2D eigenvalue weighted by Crippen LogP contribution is 2.12. The van der Waals surface area contributed by atoms with Crippen LogP contribution in [0.15, 0.2) is 34.1 Å². The first-order valence-corrected chi connectivity index (χ1v) is 4.12. The summed E-state index contributed by atoms with van der Waals surface area (Å²) >= 11 is 0. The molecule has 2 rings (SSSR count). The van der Waals surface area contributed by atoms with E-state index in [-0.39, 0.29) is 5.56 Å². The van der Waals surface area contributed by atoms with Gasteiger partial charge >= 0.3 is 5.69 Å². The van der Waals surface area contributed by atoms with Crippen LogP contribution in [-0.2, 0) is 7.05 Å². The minimum absolute atomic E-state index is 0.379. The Morgan fingerprint density at radius 3 is 2.71 bits per heavy atom. The van der Waals surface area contributed by atoms with Crippen LogP contribution in [0, 0.1) is 0 Å². The number of aryl methyl sites for hydroxylation is 1. The molecule has 0 saturated heterocycles. The molecule has 5 nitrogen and oxygen atoms in total. The van der Waals surface area contributed by atoms with Crippen LogP contribution in [0.2, 0.25) is 0 Å². The third kappa shape index (κ3) is 1.28. The first kappa shape index (κ1) is 8.55. The molecular formula is C9H9N3O2. The Morgan fingerprint density at radius 1 is 1.36 bits per heavy atom. The second-order valence-corrected chi connectivity index (χ2v) is 2.99. The number of hydrogen-bond acceptors (Lipinski definition) is 2. The molecule has 2 N–H and O–H groups in total. The van der Waals surface area contributed by atoms with Gasteiger partial charge in [-0.3, -0.25) is 9.78 Å². The topological polar surface area (TPSA) is 70.7 Å². The van der Waals surface area contributed by atoms with Gasteiger partial charge in [-0.25, -0.2) is 4.79 Å². The summed E-state index contributed by atoms with van der Waals surface area (Å²) in [5.74, 6) is 0. The molecule has 0 fully saturated rings. The van der Waals surface area contributed by atoms with Crippen LogP contribution < -0.4 is 11.2 Å². The second kappa shape index (κ2) is 3.02. The number of nitrogens with one attached hydrogen (secondary N) is 2. The number of H-pyrrole nitrogens is 2. The minimum Gasteiger partial charge on any atom is -0.350 e. The molecule has 0 unspecified atom stereocenters. The lowest BCUT2D eigenvalue weighted by molar-refractivity contribution is 0.926. The van der Waals surface area contributed by atoms with Gasteiger partial charge in [0.15, 0.2) is 0 Å². The largest absolute Gasteiger partial charge is 0.350 e. The van der Waals surface area contributed by atoms with Crippen molar-refractivity contribution >= 4 is 0 Å². The average molecular weight is 191 g/mol. The van der Waals surface area contributed by atoms with E-state index >= 15 is 0 Å². The predicted molar refractivity (Wildman–Crippen MR) is 52.1 cm³/mol. The Hall–Kier alpha value is -2.04. The summed E-state index contributed by atoms with van der Waals surface area (Å²) in [7, 11) is 1.83. The fourth-order valence-corrected chi connectivity index (χ4v) is 1.34. The molecule has 0 aliphatic rings. The molecule has 0 saturated carbocycles. The summed E-state index contributed by atoms with van der Waals surface area (Å²) in [6.07, 6.45) is 3.25. The number of rotatable bonds is 1. The van der Waals surface area contributed by atoms with Crippen LogP contribution in [0.25, 0.3) is 11.3 Å². The SMILES string of the molecule is Cn1cccc1-c1c[nH]c(=O)[nH]c1=O. The highest BCUT2D eigenvalue weighted by atomic mass is 16.2. The van der Waals surface area contributed by atoms with Gasteiger partial charge in [0.2, 0.25) is 0 Å². The third-order valence-corrected chi connectivity index (χ3v) is 2.04. The summed E-state index contributed by atoms with van der Waals surface area (Å²) in [4.78, 5) is 26.8. The summed E-state index contributed by atoms with van der Waals surface area (Å²) in [5, 5.41) is 0. The number of nitrogens with zero attached hydrogens (tertiary/aromatic N) is 1. The Bertz CT molecular complexity index is 562. The maximum absolute atomic E-state index is 11.4. The van der Waals surface area contributed by atoms with Crippen molar-refractivity contribution in [3.8, 4) is 11.3 Å². The first-order valence-electron chi connectivity index (χ1n) is 4.12. The molecule has 0 atom stereocenters. The molecule has 2 aromatic heterocycles. The number of aromatic nitrogens is 3. The van der Waals surface area contributed by atoms with Crippen LogP contribution in [0.4, 0.5) is 0 Å². The number of hydrogen-bond donors (Lipinski definition) is 2. The van der Waals surface area contributed by atoms with Crippen LogP contribution in [0.1, 0.15) is 0 Å². The normalized spacial score (nSPS) is 10.4. The van der Waals surface area contributed by atoms with Crippen molar-refractivity contribution in [1.29, 1.82) is 0 Å². The Labute approximate surface area is 79.0 Å². The van der Waals surface area contributed by atoms with Crippen molar-refractivity contribution in [1.82, 2.24) is 14.5 Å². The monoisotopic (exact) mass is 191 g/mol. The van der Waals surface area contributed by atoms with Gasteiger partial charge in [0, 0.05) is 19.4 Å². The molecule has 0 aliphatic carbocycles. The molecule has 14 heavy (non-hydrogen) atoms. The number of aromatic amines is 2. The quantitative estimate of drug-likeness (QED) is 0.669. The van der Waals surface area contributed by atoms with E-state index in [4.69, 9.17) is 0 Å². The Morgan fingerprint density at radius 2 is 2.14 bits per heavy atom. The van der Waals surface area contributed by atoms with Crippen molar-refractivity contribution < 1.29 is 0 Å². The van der Waals surface area contributed by atoms with E-state index in [0.717, 1.165) is 5.69 Å². The smallest absolute Gasteiger partial charge is 0.325 e. The molecule has 0 bridgehead atoms. The molecule has 0 aromatic carbocycles. The van der Waals surface area contributed by atoms with Gasteiger partial charge in [0.1, 0.15) is 0 Å². The predicted octanol–water partition coefficient (Wildman–Crippen LogP) is 0.0687. The first-order chi connectivity index (χ1) is 6.68. The zero-order valence-electron chi connectivity index (χ0n) is 7.57. The Balaban J connectivity index is 2.70. The molecule has 0 aliphatic heterocycles. The summed E-state index contributed by atoms with van der Waals surface area (Å²) < 4.78 is 1.81. The average Bonchev–Trinajstić information content (AvgIpc) is 2.52. The van der Waals surface area contributed by atoms with Crippen LogP contribution >= 0.6 is 0 Å². The van der Waals surface area contributed by atoms with Gasteiger partial charge in [-0.1, -0.05) is 0 Å². The van der Waals surface area contributed by atoms with E-state index in [0.29, 0.717) is 5.56 Å². The fraction of sp³-hybridized carbons (Fsp3) is 0.111. The second-order valence-electron chi connectivity index (χ2n) is 2.99. The van der Waals surface area contributed by atoms with Gasteiger partial charge < -0.3 is 9.55 Å². The van der Waals surface area contributed by atoms with Crippen molar-refractivity contribution in [2.24, 2.45) is 7.05 Å². The van der Waals surface area contributed by atoms with Crippen LogP contribution in [0.3, 0.4) is 0 Å². The maximum atomic E-state index is 11.4. The molecular weight excluding hydrogens is 182 g/mol. The summed E-state index contributed by atoms with van der Waals surface area (Å²) in [6, 6.07) is 3.64.